The standard InChI is InChI=1S/C9H10ClNO2.C5H11NO2/c10-7(9(12)13)5-6-3-1-2-4-8(6)11;1-3(2)4(6)5(7)8/h1-4,7H,5,11H2,(H,12,13);3-4H,6H2,1-2H3,(H,7,8)/t;4-/m.0/s1. The minimum absolute atomic E-state index is 0.0208. The Morgan fingerprint density at radius 1 is 1.19 bits per heavy atom. The molecule has 6 N–H and O–H groups in total. The number of anilines is 1. The molecule has 0 radical (unpaired) electrons. The van der Waals surface area contributed by atoms with Crippen molar-refractivity contribution in [1.82, 2.24) is 0 Å². The van der Waals surface area contributed by atoms with Crippen molar-refractivity contribution in [2.24, 2.45) is 11.7 Å². The fraction of sp³-hybridized carbons (Fsp3) is 0.429. The zero-order valence-electron chi connectivity index (χ0n) is 12.0. The maximum absolute atomic E-state index is 10.4. The van der Waals surface area contributed by atoms with Gasteiger partial charge in [0.05, 0.1) is 0 Å². The topological polar surface area (TPSA) is 127 Å². The van der Waals surface area contributed by atoms with Gasteiger partial charge in [-0.25, -0.2) is 0 Å². The number of para-hydroxylation sites is 1. The number of halogens is 1. The number of nitrogen functional groups attached to an aromatic ring is 1. The molecule has 1 unspecified atom stereocenters. The summed E-state index contributed by atoms with van der Waals surface area (Å²) in [5.41, 5.74) is 12.1. The molecule has 0 heterocycles. The van der Waals surface area contributed by atoms with E-state index in [2.05, 4.69) is 0 Å². The fourth-order valence-corrected chi connectivity index (χ4v) is 1.45. The van der Waals surface area contributed by atoms with E-state index in [4.69, 9.17) is 33.3 Å². The van der Waals surface area contributed by atoms with Crippen LogP contribution in [0.3, 0.4) is 0 Å². The second kappa shape index (κ2) is 9.20. The lowest BCUT2D eigenvalue weighted by molar-refractivity contribution is -0.139. The van der Waals surface area contributed by atoms with Crippen LogP contribution in [0.4, 0.5) is 5.69 Å². The summed E-state index contributed by atoms with van der Waals surface area (Å²) in [6.07, 6.45) is 0.254. The molecule has 0 fully saturated rings. The molecule has 0 bridgehead atoms. The maximum Gasteiger partial charge on any atom is 0.321 e. The van der Waals surface area contributed by atoms with Crippen LogP contribution >= 0.6 is 11.6 Å². The number of aliphatic carboxylic acids is 2. The van der Waals surface area contributed by atoms with Crippen LogP contribution in [0.25, 0.3) is 0 Å². The van der Waals surface area contributed by atoms with Crippen LogP contribution in [0, 0.1) is 5.92 Å². The summed E-state index contributed by atoms with van der Waals surface area (Å²) in [5, 5.41) is 15.9. The van der Waals surface area contributed by atoms with Gasteiger partial charge in [0.25, 0.3) is 0 Å². The highest BCUT2D eigenvalue weighted by Crippen LogP contribution is 2.15. The molecule has 0 aliphatic rings. The summed E-state index contributed by atoms with van der Waals surface area (Å²) in [7, 11) is 0. The quantitative estimate of drug-likeness (QED) is 0.482. The number of alkyl halides is 1. The maximum atomic E-state index is 10.4. The molecule has 0 saturated heterocycles. The first kappa shape index (κ1) is 19.2. The Morgan fingerprint density at radius 2 is 1.71 bits per heavy atom. The number of nitrogens with two attached hydrogens (primary N) is 2. The normalized spacial score (nSPS) is 13.0. The molecule has 1 aromatic carbocycles. The Bertz CT molecular complexity index is 480. The van der Waals surface area contributed by atoms with Crippen molar-refractivity contribution in [2.75, 3.05) is 5.73 Å². The van der Waals surface area contributed by atoms with Gasteiger partial charge in [0.2, 0.25) is 0 Å². The summed E-state index contributed by atoms with van der Waals surface area (Å²) >= 11 is 5.57. The molecule has 1 aromatic rings. The van der Waals surface area contributed by atoms with Gasteiger partial charge in [0.15, 0.2) is 0 Å². The number of rotatable bonds is 5. The van der Waals surface area contributed by atoms with E-state index >= 15 is 0 Å². The Balaban J connectivity index is 0.000000433. The molecular formula is C14H21ClN2O4. The Labute approximate surface area is 128 Å². The first-order valence-corrected chi connectivity index (χ1v) is 6.79. The largest absolute Gasteiger partial charge is 0.480 e. The van der Waals surface area contributed by atoms with Gasteiger partial charge in [-0.3, -0.25) is 9.59 Å². The third kappa shape index (κ3) is 7.53. The Kier molecular flexibility index (Phi) is 8.42. The van der Waals surface area contributed by atoms with Gasteiger partial charge in [-0.05, 0) is 17.5 Å². The summed E-state index contributed by atoms with van der Waals surface area (Å²) in [6, 6.07) is 6.38. The van der Waals surface area contributed by atoms with Crippen LogP contribution in [0.5, 0.6) is 0 Å². The van der Waals surface area contributed by atoms with Crippen molar-refractivity contribution in [3.05, 3.63) is 29.8 Å². The molecule has 0 spiro atoms. The van der Waals surface area contributed by atoms with Crippen molar-refractivity contribution in [1.29, 1.82) is 0 Å². The van der Waals surface area contributed by atoms with Crippen LogP contribution < -0.4 is 11.5 Å². The Hall–Kier alpha value is -1.79. The van der Waals surface area contributed by atoms with Crippen LogP contribution in [-0.4, -0.2) is 33.6 Å². The van der Waals surface area contributed by atoms with Crippen molar-refractivity contribution >= 4 is 29.2 Å². The summed E-state index contributed by atoms with van der Waals surface area (Å²) in [5.74, 6) is -1.93. The number of carboxylic acids is 2. The number of hydrogen-bond donors (Lipinski definition) is 4. The second-order valence-electron chi connectivity index (χ2n) is 4.82. The minimum atomic E-state index is -1.02. The van der Waals surface area contributed by atoms with E-state index < -0.39 is 23.4 Å². The van der Waals surface area contributed by atoms with Gasteiger partial charge >= 0.3 is 11.9 Å². The zero-order valence-corrected chi connectivity index (χ0v) is 12.7. The lowest BCUT2D eigenvalue weighted by atomic mass is 10.1. The molecule has 118 valence electrons. The monoisotopic (exact) mass is 316 g/mol. The highest BCUT2D eigenvalue weighted by atomic mass is 35.5. The van der Waals surface area contributed by atoms with E-state index in [-0.39, 0.29) is 12.3 Å². The number of carbonyl (C=O) groups is 2. The molecule has 0 aromatic heterocycles. The van der Waals surface area contributed by atoms with Crippen molar-refractivity contribution in [2.45, 2.75) is 31.7 Å². The molecule has 7 heteroatoms. The van der Waals surface area contributed by atoms with Crippen molar-refractivity contribution in [3.8, 4) is 0 Å². The predicted molar refractivity (Wildman–Crippen MR) is 82.3 cm³/mol. The molecular weight excluding hydrogens is 296 g/mol. The first-order chi connectivity index (χ1) is 9.66. The van der Waals surface area contributed by atoms with Gasteiger partial charge in [0, 0.05) is 12.1 Å². The van der Waals surface area contributed by atoms with E-state index in [1.54, 1.807) is 38.1 Å². The van der Waals surface area contributed by atoms with E-state index in [1.165, 1.54) is 0 Å². The lowest BCUT2D eigenvalue weighted by Gasteiger charge is -2.07. The minimum Gasteiger partial charge on any atom is -0.480 e. The third-order valence-electron chi connectivity index (χ3n) is 2.73. The summed E-state index contributed by atoms with van der Waals surface area (Å²) in [4.78, 5) is 20.5. The van der Waals surface area contributed by atoms with Gasteiger partial charge in [-0.2, -0.15) is 0 Å². The molecule has 6 nitrogen and oxygen atoms in total. The zero-order chi connectivity index (χ0) is 16.6. The number of hydrogen-bond acceptors (Lipinski definition) is 4. The summed E-state index contributed by atoms with van der Waals surface area (Å²) < 4.78 is 0. The van der Waals surface area contributed by atoms with Gasteiger partial charge < -0.3 is 21.7 Å². The van der Waals surface area contributed by atoms with Crippen LogP contribution in [0.15, 0.2) is 24.3 Å². The Morgan fingerprint density at radius 3 is 2.05 bits per heavy atom. The van der Waals surface area contributed by atoms with Gasteiger partial charge in [0.1, 0.15) is 11.4 Å². The fourth-order valence-electron chi connectivity index (χ4n) is 1.29. The van der Waals surface area contributed by atoms with Crippen LogP contribution in [0.2, 0.25) is 0 Å². The van der Waals surface area contributed by atoms with Crippen LogP contribution in [-0.2, 0) is 16.0 Å². The molecule has 0 amide bonds. The first-order valence-electron chi connectivity index (χ1n) is 6.35. The molecule has 21 heavy (non-hydrogen) atoms. The molecule has 2 atom stereocenters. The van der Waals surface area contributed by atoms with E-state index in [9.17, 15) is 9.59 Å². The highest BCUT2D eigenvalue weighted by molar-refractivity contribution is 6.29. The third-order valence-corrected chi connectivity index (χ3v) is 3.07. The molecule has 0 saturated carbocycles. The van der Waals surface area contributed by atoms with E-state index in [0.717, 1.165) is 5.56 Å². The molecule has 0 aliphatic heterocycles. The van der Waals surface area contributed by atoms with Crippen molar-refractivity contribution < 1.29 is 19.8 Å². The van der Waals surface area contributed by atoms with Crippen molar-refractivity contribution in [3.63, 3.8) is 0 Å². The smallest absolute Gasteiger partial charge is 0.321 e. The molecule has 1 rings (SSSR count). The van der Waals surface area contributed by atoms with Gasteiger partial charge in [-0.1, -0.05) is 32.0 Å². The SMILES string of the molecule is CC(C)[C@H](N)C(=O)O.Nc1ccccc1CC(Cl)C(=O)O. The lowest BCUT2D eigenvalue weighted by Crippen LogP contribution is -2.34. The summed E-state index contributed by atoms with van der Waals surface area (Å²) in [6.45, 7) is 3.55. The highest BCUT2D eigenvalue weighted by Gasteiger charge is 2.15. The van der Waals surface area contributed by atoms with E-state index in [0.29, 0.717) is 5.69 Å². The number of benzene rings is 1. The predicted octanol–water partition coefficient (Wildman–Crippen LogP) is 1.56. The molecule has 0 aliphatic carbocycles. The van der Waals surface area contributed by atoms with Crippen LogP contribution in [0.1, 0.15) is 19.4 Å². The van der Waals surface area contributed by atoms with E-state index in [1.807, 2.05) is 0 Å². The number of carboxylic acid groups (broad SMARTS) is 2. The average molecular weight is 317 g/mol. The second-order valence-corrected chi connectivity index (χ2v) is 5.34. The average Bonchev–Trinajstić information content (AvgIpc) is 2.40. The van der Waals surface area contributed by atoms with Gasteiger partial charge in [-0.15, -0.1) is 11.6 Å².